The van der Waals surface area contributed by atoms with Gasteiger partial charge in [0.15, 0.2) is 0 Å². The molecule has 1 saturated heterocycles. The molecule has 0 aromatic carbocycles. The number of esters is 1. The Kier molecular flexibility index (Phi) is 6.91. The Morgan fingerprint density at radius 1 is 1.30 bits per heavy atom. The quantitative estimate of drug-likeness (QED) is 0.642. The first kappa shape index (κ1) is 17.4. The van der Waals surface area contributed by atoms with Crippen molar-refractivity contribution in [2.75, 3.05) is 46.6 Å². The summed E-state index contributed by atoms with van der Waals surface area (Å²) in [5.41, 5.74) is 0. The predicted molar refractivity (Wildman–Crippen MR) is 77.9 cm³/mol. The van der Waals surface area contributed by atoms with Crippen LogP contribution in [-0.2, 0) is 19.6 Å². The van der Waals surface area contributed by atoms with Crippen molar-refractivity contribution in [1.29, 1.82) is 0 Å². The number of carbonyl (C=O) groups is 1. The Morgan fingerprint density at radius 2 is 1.90 bits per heavy atom. The lowest BCUT2D eigenvalue weighted by Crippen LogP contribution is -2.41. The lowest BCUT2D eigenvalue weighted by molar-refractivity contribution is -0.140. The zero-order valence-corrected chi connectivity index (χ0v) is 13.5. The predicted octanol–water partition coefficient (Wildman–Crippen LogP) is 0.543. The topological polar surface area (TPSA) is 66.9 Å². The molecule has 1 rings (SSSR count). The molecule has 0 radical (unpaired) electrons. The van der Waals surface area contributed by atoms with Crippen LogP contribution < -0.4 is 0 Å². The van der Waals surface area contributed by atoms with E-state index in [-0.39, 0.29) is 18.1 Å². The van der Waals surface area contributed by atoms with Gasteiger partial charge in [-0.15, -0.1) is 0 Å². The molecule has 0 aliphatic carbocycles. The summed E-state index contributed by atoms with van der Waals surface area (Å²) < 4.78 is 30.4. The summed E-state index contributed by atoms with van der Waals surface area (Å²) in [5.74, 6) is 0.247. The summed E-state index contributed by atoms with van der Waals surface area (Å²) >= 11 is 0. The van der Waals surface area contributed by atoms with Crippen molar-refractivity contribution < 1.29 is 17.9 Å². The van der Waals surface area contributed by atoms with Crippen LogP contribution in [0.2, 0.25) is 0 Å². The highest BCUT2D eigenvalue weighted by Gasteiger charge is 2.27. The second-order valence-corrected chi connectivity index (χ2v) is 7.69. The van der Waals surface area contributed by atoms with E-state index in [0.29, 0.717) is 25.4 Å². The molecule has 0 amide bonds. The average Bonchev–Trinajstić information content (AvgIpc) is 2.38. The summed E-state index contributed by atoms with van der Waals surface area (Å²) in [6, 6.07) is 0. The Bertz CT molecular complexity index is 401. The van der Waals surface area contributed by atoms with Gasteiger partial charge >= 0.3 is 5.97 Å². The molecule has 0 aromatic rings. The van der Waals surface area contributed by atoms with E-state index in [2.05, 4.69) is 9.64 Å². The Morgan fingerprint density at radius 3 is 2.40 bits per heavy atom. The van der Waals surface area contributed by atoms with Gasteiger partial charge in [0.05, 0.1) is 12.9 Å². The molecule has 0 unspecified atom stereocenters. The molecular formula is C13H26N2O4S. The van der Waals surface area contributed by atoms with Gasteiger partial charge in [-0.2, -0.15) is 0 Å². The minimum absolute atomic E-state index is 0.0282. The molecule has 1 aliphatic rings. The van der Waals surface area contributed by atoms with Gasteiger partial charge in [0, 0.05) is 26.1 Å². The van der Waals surface area contributed by atoms with Crippen LogP contribution in [0.1, 0.15) is 25.7 Å². The lowest BCUT2D eigenvalue weighted by Gasteiger charge is -2.32. The van der Waals surface area contributed by atoms with Crippen LogP contribution in [-0.4, -0.2) is 70.2 Å². The Hall–Kier alpha value is -0.660. The van der Waals surface area contributed by atoms with E-state index in [1.165, 1.54) is 7.11 Å². The van der Waals surface area contributed by atoms with Crippen LogP contribution in [0.25, 0.3) is 0 Å². The number of nitrogens with zero attached hydrogens (tertiary/aromatic N) is 2. The van der Waals surface area contributed by atoms with Crippen LogP contribution in [0.5, 0.6) is 0 Å². The number of hydrogen-bond acceptors (Lipinski definition) is 5. The highest BCUT2D eigenvalue weighted by atomic mass is 32.2. The Balaban J connectivity index is 2.37. The van der Waals surface area contributed by atoms with Crippen LogP contribution >= 0.6 is 0 Å². The molecule has 0 aromatic heterocycles. The maximum Gasteiger partial charge on any atom is 0.305 e. The maximum absolute atomic E-state index is 12.1. The van der Waals surface area contributed by atoms with Crippen molar-refractivity contribution in [2.24, 2.45) is 5.92 Å². The van der Waals surface area contributed by atoms with E-state index in [4.69, 9.17) is 0 Å². The van der Waals surface area contributed by atoms with Gasteiger partial charge in [0.1, 0.15) is 0 Å². The molecule has 1 aliphatic heterocycles. The molecule has 0 spiro atoms. The standard InChI is InChI=1S/C13H26N2O4S/c1-14(2)11-12-6-8-15(9-7-12)20(17,18)10-4-5-13(16)19-3/h12H,4-11H2,1-3H3. The van der Waals surface area contributed by atoms with Gasteiger partial charge in [-0.05, 0) is 39.3 Å². The van der Waals surface area contributed by atoms with Crippen LogP contribution in [0.4, 0.5) is 0 Å². The van der Waals surface area contributed by atoms with Gasteiger partial charge in [-0.25, -0.2) is 12.7 Å². The minimum Gasteiger partial charge on any atom is -0.469 e. The van der Waals surface area contributed by atoms with E-state index >= 15 is 0 Å². The molecule has 0 saturated carbocycles. The van der Waals surface area contributed by atoms with Gasteiger partial charge in [0.2, 0.25) is 10.0 Å². The smallest absolute Gasteiger partial charge is 0.305 e. The van der Waals surface area contributed by atoms with Gasteiger partial charge < -0.3 is 9.64 Å². The van der Waals surface area contributed by atoms with Crippen LogP contribution in [0, 0.1) is 5.92 Å². The van der Waals surface area contributed by atoms with Crippen molar-refractivity contribution in [3.63, 3.8) is 0 Å². The first-order valence-electron chi connectivity index (χ1n) is 7.04. The molecule has 7 heteroatoms. The van der Waals surface area contributed by atoms with Crippen LogP contribution in [0.15, 0.2) is 0 Å². The second-order valence-electron chi connectivity index (χ2n) is 5.60. The van der Waals surface area contributed by atoms with Crippen molar-refractivity contribution in [3.05, 3.63) is 0 Å². The Labute approximate surface area is 122 Å². The van der Waals surface area contributed by atoms with E-state index in [9.17, 15) is 13.2 Å². The molecule has 20 heavy (non-hydrogen) atoms. The third-order valence-corrected chi connectivity index (χ3v) is 5.56. The normalized spacial score (nSPS) is 18.4. The van der Waals surface area contributed by atoms with E-state index < -0.39 is 10.0 Å². The van der Waals surface area contributed by atoms with Crippen molar-refractivity contribution in [1.82, 2.24) is 9.21 Å². The van der Waals surface area contributed by atoms with E-state index in [1.54, 1.807) is 4.31 Å². The monoisotopic (exact) mass is 306 g/mol. The second kappa shape index (κ2) is 7.95. The molecule has 0 atom stereocenters. The summed E-state index contributed by atoms with van der Waals surface area (Å²) in [5, 5.41) is 0. The molecular weight excluding hydrogens is 280 g/mol. The highest BCUT2D eigenvalue weighted by molar-refractivity contribution is 7.89. The summed E-state index contributed by atoms with van der Waals surface area (Å²) in [6.45, 7) is 2.20. The number of sulfonamides is 1. The van der Waals surface area contributed by atoms with E-state index in [0.717, 1.165) is 19.4 Å². The summed E-state index contributed by atoms with van der Waals surface area (Å²) in [6.07, 6.45) is 2.31. The third kappa shape index (κ3) is 5.76. The van der Waals surface area contributed by atoms with Gasteiger partial charge in [0.25, 0.3) is 0 Å². The number of ether oxygens (including phenoxy) is 1. The average molecular weight is 306 g/mol. The molecule has 0 N–H and O–H groups in total. The fourth-order valence-electron chi connectivity index (χ4n) is 2.52. The first-order chi connectivity index (χ1) is 9.35. The fourth-order valence-corrected chi connectivity index (χ4v) is 4.05. The lowest BCUT2D eigenvalue weighted by atomic mass is 9.98. The molecule has 1 heterocycles. The number of rotatable bonds is 7. The number of carbonyl (C=O) groups excluding carboxylic acids is 1. The van der Waals surface area contributed by atoms with E-state index in [1.807, 2.05) is 14.1 Å². The van der Waals surface area contributed by atoms with Crippen LogP contribution in [0.3, 0.4) is 0 Å². The number of methoxy groups -OCH3 is 1. The van der Waals surface area contributed by atoms with Gasteiger partial charge in [-0.3, -0.25) is 4.79 Å². The van der Waals surface area contributed by atoms with Crippen molar-refractivity contribution >= 4 is 16.0 Å². The molecule has 118 valence electrons. The zero-order valence-electron chi connectivity index (χ0n) is 12.7. The third-order valence-electron chi connectivity index (χ3n) is 3.60. The largest absolute Gasteiger partial charge is 0.469 e. The van der Waals surface area contributed by atoms with Gasteiger partial charge in [-0.1, -0.05) is 0 Å². The minimum atomic E-state index is -3.23. The fraction of sp³-hybridized carbons (Fsp3) is 0.923. The van der Waals surface area contributed by atoms with Crippen molar-refractivity contribution in [2.45, 2.75) is 25.7 Å². The summed E-state index contributed by atoms with van der Waals surface area (Å²) in [7, 11) is 2.16. The zero-order chi connectivity index (χ0) is 15.2. The molecule has 6 nitrogen and oxygen atoms in total. The number of hydrogen-bond donors (Lipinski definition) is 0. The SMILES string of the molecule is COC(=O)CCCS(=O)(=O)N1CCC(CN(C)C)CC1. The first-order valence-corrected chi connectivity index (χ1v) is 8.65. The highest BCUT2D eigenvalue weighted by Crippen LogP contribution is 2.20. The molecule has 0 bridgehead atoms. The number of piperidine rings is 1. The summed E-state index contributed by atoms with van der Waals surface area (Å²) in [4.78, 5) is 13.1. The molecule has 1 fully saturated rings. The maximum atomic E-state index is 12.1. The van der Waals surface area contributed by atoms with Crippen molar-refractivity contribution in [3.8, 4) is 0 Å².